The molecule has 1 N–H and O–H groups in total. The molecule has 0 spiro atoms. The lowest BCUT2D eigenvalue weighted by atomic mass is 10.1. The second-order valence-corrected chi connectivity index (χ2v) is 4.75. The van der Waals surface area contributed by atoms with Crippen LogP contribution in [0.3, 0.4) is 0 Å². The van der Waals surface area contributed by atoms with Gasteiger partial charge < -0.3 is 10.0 Å². The summed E-state index contributed by atoms with van der Waals surface area (Å²) >= 11 is 0. The van der Waals surface area contributed by atoms with Crippen molar-refractivity contribution >= 4 is 5.69 Å². The van der Waals surface area contributed by atoms with Crippen molar-refractivity contribution in [1.29, 1.82) is 0 Å². The summed E-state index contributed by atoms with van der Waals surface area (Å²) in [4.78, 5) is 2.11. The van der Waals surface area contributed by atoms with Crippen molar-refractivity contribution in [2.24, 2.45) is 0 Å². The second kappa shape index (κ2) is 4.06. The summed E-state index contributed by atoms with van der Waals surface area (Å²) in [6.45, 7) is 5.90. The molecule has 0 bridgehead atoms. The van der Waals surface area contributed by atoms with E-state index in [4.69, 9.17) is 0 Å². The molecule has 16 heavy (non-hydrogen) atoms. The zero-order valence-electron chi connectivity index (χ0n) is 9.94. The van der Waals surface area contributed by atoms with E-state index in [1.165, 1.54) is 6.07 Å². The number of halogens is 1. The molecule has 3 heteroatoms. The Morgan fingerprint density at radius 1 is 1.38 bits per heavy atom. The summed E-state index contributed by atoms with van der Waals surface area (Å²) in [5, 5.41) is 9.77. The highest BCUT2D eigenvalue weighted by Gasteiger charge is 2.35. The number of hydrogen-bond donors (Lipinski definition) is 1. The molecule has 0 fully saturated rings. The van der Waals surface area contributed by atoms with E-state index >= 15 is 0 Å². The summed E-state index contributed by atoms with van der Waals surface area (Å²) < 4.78 is 13.7. The van der Waals surface area contributed by atoms with Crippen LogP contribution in [0.15, 0.2) is 18.2 Å². The molecular formula is C13H18FNO. The molecule has 2 nitrogen and oxygen atoms in total. The van der Waals surface area contributed by atoms with Gasteiger partial charge in [0, 0.05) is 23.7 Å². The highest BCUT2D eigenvalue weighted by atomic mass is 19.1. The van der Waals surface area contributed by atoms with Crippen molar-refractivity contribution in [1.82, 2.24) is 0 Å². The van der Waals surface area contributed by atoms with Gasteiger partial charge in [-0.1, -0.05) is 6.07 Å². The summed E-state index contributed by atoms with van der Waals surface area (Å²) in [6, 6.07) is 5.41. The minimum absolute atomic E-state index is 0.00750. The normalized spacial score (nSPS) is 21.4. The first-order valence-electron chi connectivity index (χ1n) is 5.76. The number of rotatable bonds is 2. The fraction of sp³-hybridized carbons (Fsp3) is 0.538. The molecule has 1 aliphatic rings. The van der Waals surface area contributed by atoms with Crippen LogP contribution in [0.25, 0.3) is 0 Å². The lowest BCUT2D eigenvalue weighted by Gasteiger charge is -2.33. The van der Waals surface area contributed by atoms with Gasteiger partial charge in [-0.2, -0.15) is 0 Å². The molecule has 0 amide bonds. The predicted molar refractivity (Wildman–Crippen MR) is 63.2 cm³/mol. The van der Waals surface area contributed by atoms with Crippen LogP contribution in [0.1, 0.15) is 26.3 Å². The predicted octanol–water partition coefficient (Wildman–Crippen LogP) is 2.35. The van der Waals surface area contributed by atoms with Gasteiger partial charge in [-0.25, -0.2) is 4.39 Å². The van der Waals surface area contributed by atoms with Crippen molar-refractivity contribution in [2.75, 3.05) is 4.90 Å². The Morgan fingerprint density at radius 2 is 2.06 bits per heavy atom. The van der Waals surface area contributed by atoms with E-state index < -0.39 is 6.10 Å². The number of benzene rings is 1. The molecular weight excluding hydrogens is 205 g/mol. The van der Waals surface area contributed by atoms with Gasteiger partial charge in [-0.05, 0) is 32.9 Å². The Labute approximate surface area is 95.7 Å². The van der Waals surface area contributed by atoms with E-state index in [1.807, 2.05) is 6.07 Å². The number of nitrogens with zero attached hydrogens (tertiary/aromatic N) is 1. The van der Waals surface area contributed by atoms with Crippen LogP contribution in [0.5, 0.6) is 0 Å². The van der Waals surface area contributed by atoms with Gasteiger partial charge in [-0.3, -0.25) is 0 Å². The first kappa shape index (κ1) is 11.4. The van der Waals surface area contributed by atoms with Gasteiger partial charge in [0.15, 0.2) is 0 Å². The second-order valence-electron chi connectivity index (χ2n) is 4.75. The molecule has 1 heterocycles. The fourth-order valence-corrected chi connectivity index (χ4v) is 2.54. The summed E-state index contributed by atoms with van der Waals surface area (Å²) in [6.07, 6.45) is 0.145. The third kappa shape index (κ3) is 1.69. The van der Waals surface area contributed by atoms with E-state index in [0.717, 1.165) is 11.3 Å². The first-order chi connectivity index (χ1) is 7.52. The van der Waals surface area contributed by atoms with Crippen molar-refractivity contribution in [3.63, 3.8) is 0 Å². The fourth-order valence-electron chi connectivity index (χ4n) is 2.54. The Balaban J connectivity index is 2.45. The molecule has 1 aromatic carbocycles. The third-order valence-corrected chi connectivity index (χ3v) is 3.26. The van der Waals surface area contributed by atoms with Gasteiger partial charge in [0.05, 0.1) is 12.1 Å². The van der Waals surface area contributed by atoms with Gasteiger partial charge >= 0.3 is 0 Å². The molecule has 88 valence electrons. The standard InChI is InChI=1S/C13H18FNO/c1-8(2)15-12-6-4-5-11(14)10(12)7-13(15)9(3)16/h4-6,8-9,13,16H,7H2,1-3H3. The molecule has 1 aliphatic heterocycles. The lowest BCUT2D eigenvalue weighted by molar-refractivity contribution is 0.159. The van der Waals surface area contributed by atoms with Crippen LogP contribution >= 0.6 is 0 Å². The number of anilines is 1. The molecule has 1 aromatic rings. The van der Waals surface area contributed by atoms with Crippen molar-refractivity contribution < 1.29 is 9.50 Å². The average Bonchev–Trinajstić information content (AvgIpc) is 2.58. The van der Waals surface area contributed by atoms with Crippen molar-refractivity contribution in [3.05, 3.63) is 29.6 Å². The monoisotopic (exact) mass is 223 g/mol. The Morgan fingerprint density at radius 3 is 2.62 bits per heavy atom. The van der Waals surface area contributed by atoms with Gasteiger partial charge in [-0.15, -0.1) is 0 Å². The van der Waals surface area contributed by atoms with E-state index in [0.29, 0.717) is 6.42 Å². The van der Waals surface area contributed by atoms with Crippen LogP contribution in [0, 0.1) is 5.82 Å². The average molecular weight is 223 g/mol. The van der Waals surface area contributed by atoms with Crippen molar-refractivity contribution in [2.45, 2.75) is 45.4 Å². The molecule has 2 unspecified atom stereocenters. The molecule has 0 aliphatic carbocycles. The first-order valence-corrected chi connectivity index (χ1v) is 5.76. The van der Waals surface area contributed by atoms with Gasteiger partial charge in [0.1, 0.15) is 5.82 Å². The maximum atomic E-state index is 13.7. The highest BCUT2D eigenvalue weighted by Crippen LogP contribution is 2.36. The zero-order chi connectivity index (χ0) is 11.9. The molecule has 0 aromatic heterocycles. The smallest absolute Gasteiger partial charge is 0.128 e. The van der Waals surface area contributed by atoms with Crippen LogP contribution in [-0.4, -0.2) is 23.3 Å². The topological polar surface area (TPSA) is 23.5 Å². The number of aliphatic hydroxyl groups excluding tert-OH is 1. The summed E-state index contributed by atoms with van der Waals surface area (Å²) in [5.74, 6) is -0.161. The van der Waals surface area contributed by atoms with E-state index in [9.17, 15) is 9.50 Å². The zero-order valence-corrected chi connectivity index (χ0v) is 9.94. The molecule has 0 saturated heterocycles. The van der Waals surface area contributed by atoms with E-state index in [1.54, 1.807) is 13.0 Å². The van der Waals surface area contributed by atoms with E-state index in [-0.39, 0.29) is 17.9 Å². The minimum atomic E-state index is -0.450. The Bertz CT molecular complexity index is 390. The SMILES string of the molecule is CC(O)C1Cc2c(F)cccc2N1C(C)C. The van der Waals surface area contributed by atoms with Crippen LogP contribution < -0.4 is 4.90 Å². The summed E-state index contributed by atoms with van der Waals surface area (Å²) in [7, 11) is 0. The summed E-state index contributed by atoms with van der Waals surface area (Å²) in [5.41, 5.74) is 1.67. The van der Waals surface area contributed by atoms with Crippen LogP contribution in [0.4, 0.5) is 10.1 Å². The number of fused-ring (bicyclic) bond motifs is 1. The van der Waals surface area contributed by atoms with Gasteiger partial charge in [0.25, 0.3) is 0 Å². The molecule has 0 saturated carbocycles. The maximum Gasteiger partial charge on any atom is 0.128 e. The van der Waals surface area contributed by atoms with Crippen LogP contribution in [-0.2, 0) is 6.42 Å². The van der Waals surface area contributed by atoms with Crippen molar-refractivity contribution in [3.8, 4) is 0 Å². The molecule has 2 atom stereocenters. The number of aliphatic hydroxyl groups is 1. The van der Waals surface area contributed by atoms with E-state index in [2.05, 4.69) is 18.7 Å². The largest absolute Gasteiger partial charge is 0.391 e. The maximum absolute atomic E-state index is 13.7. The third-order valence-electron chi connectivity index (χ3n) is 3.26. The quantitative estimate of drug-likeness (QED) is 0.832. The number of hydrogen-bond acceptors (Lipinski definition) is 2. The molecule has 2 rings (SSSR count). The van der Waals surface area contributed by atoms with Gasteiger partial charge in [0.2, 0.25) is 0 Å². The lowest BCUT2D eigenvalue weighted by Crippen LogP contribution is -2.44. The highest BCUT2D eigenvalue weighted by molar-refractivity contribution is 5.60. The Hall–Kier alpha value is -1.09. The van der Waals surface area contributed by atoms with Crippen LogP contribution in [0.2, 0.25) is 0 Å². The Kier molecular flexibility index (Phi) is 2.89. The minimum Gasteiger partial charge on any atom is -0.391 e. The molecule has 0 radical (unpaired) electrons.